The van der Waals surface area contributed by atoms with E-state index in [2.05, 4.69) is 5.48 Å². The minimum Gasteiger partial charge on any atom is -0.379 e. The second-order valence-corrected chi connectivity index (χ2v) is 5.61. The Kier molecular flexibility index (Phi) is 5.22. The van der Waals surface area contributed by atoms with E-state index in [9.17, 15) is 9.59 Å². The summed E-state index contributed by atoms with van der Waals surface area (Å²) >= 11 is 0. The highest BCUT2D eigenvalue weighted by Crippen LogP contribution is 2.14. The van der Waals surface area contributed by atoms with Crippen LogP contribution >= 0.6 is 0 Å². The minimum absolute atomic E-state index is 0.00602. The van der Waals surface area contributed by atoms with Gasteiger partial charge in [-0.25, -0.2) is 5.48 Å². The predicted molar refractivity (Wildman–Crippen MR) is 80.1 cm³/mol. The molecule has 0 aromatic heterocycles. The molecule has 1 unspecified atom stereocenters. The highest BCUT2D eigenvalue weighted by molar-refractivity contribution is 5.88. The highest BCUT2D eigenvalue weighted by atomic mass is 16.7. The van der Waals surface area contributed by atoms with Gasteiger partial charge in [0.2, 0.25) is 5.91 Å². The Labute approximate surface area is 134 Å². The van der Waals surface area contributed by atoms with Gasteiger partial charge in [0.15, 0.2) is 0 Å². The summed E-state index contributed by atoms with van der Waals surface area (Å²) in [6.45, 7) is 1.62. The zero-order chi connectivity index (χ0) is 16.1. The molecule has 2 fully saturated rings. The van der Waals surface area contributed by atoms with Gasteiger partial charge in [-0.3, -0.25) is 14.4 Å². The number of nitrogens with zero attached hydrogens (tertiary/aromatic N) is 1. The lowest BCUT2D eigenvalue weighted by Gasteiger charge is -2.34. The second-order valence-electron chi connectivity index (χ2n) is 5.61. The first-order valence-electron chi connectivity index (χ1n) is 7.68. The lowest BCUT2D eigenvalue weighted by atomic mass is 10.1. The Morgan fingerprint density at radius 2 is 2.09 bits per heavy atom. The standard InChI is InChI=1S/C16H20N2O5/c19-15-11-22-10-14(16(20)17-23-13-6-7-21-9-13)18(15)8-12-4-2-1-3-5-12/h1-5,13-14H,6-11H2,(H,17,20)/t13?,14-/m1/s1. The number of hydrogen-bond acceptors (Lipinski definition) is 5. The van der Waals surface area contributed by atoms with E-state index in [1.165, 1.54) is 4.90 Å². The van der Waals surface area contributed by atoms with Gasteiger partial charge in [0.25, 0.3) is 5.91 Å². The molecule has 2 aliphatic rings. The maximum absolute atomic E-state index is 12.4. The second kappa shape index (κ2) is 7.54. The van der Waals surface area contributed by atoms with Gasteiger partial charge in [0, 0.05) is 19.6 Å². The van der Waals surface area contributed by atoms with Crippen molar-refractivity contribution in [2.75, 3.05) is 26.4 Å². The molecule has 124 valence electrons. The largest absolute Gasteiger partial charge is 0.379 e. The number of ether oxygens (including phenoxy) is 2. The van der Waals surface area contributed by atoms with Crippen molar-refractivity contribution in [3.05, 3.63) is 35.9 Å². The summed E-state index contributed by atoms with van der Waals surface area (Å²) in [5, 5.41) is 0. The van der Waals surface area contributed by atoms with Gasteiger partial charge >= 0.3 is 0 Å². The van der Waals surface area contributed by atoms with Crippen LogP contribution in [0.25, 0.3) is 0 Å². The van der Waals surface area contributed by atoms with Crippen LogP contribution in [0.15, 0.2) is 30.3 Å². The number of hydrogen-bond donors (Lipinski definition) is 1. The highest BCUT2D eigenvalue weighted by Gasteiger charge is 2.34. The van der Waals surface area contributed by atoms with Gasteiger partial charge < -0.3 is 14.4 Å². The molecule has 7 nitrogen and oxygen atoms in total. The zero-order valence-electron chi connectivity index (χ0n) is 12.8. The van der Waals surface area contributed by atoms with Crippen LogP contribution in [0.3, 0.4) is 0 Å². The van der Waals surface area contributed by atoms with Crippen molar-refractivity contribution in [1.82, 2.24) is 10.4 Å². The number of rotatable bonds is 5. The maximum atomic E-state index is 12.4. The Morgan fingerprint density at radius 3 is 2.83 bits per heavy atom. The molecule has 7 heteroatoms. The van der Waals surface area contributed by atoms with Crippen LogP contribution in [0, 0.1) is 0 Å². The van der Waals surface area contributed by atoms with Gasteiger partial charge in [0.05, 0.1) is 13.2 Å². The fraction of sp³-hybridized carbons (Fsp3) is 0.500. The number of carbonyl (C=O) groups is 2. The van der Waals surface area contributed by atoms with E-state index in [0.717, 1.165) is 12.0 Å². The molecule has 1 N–H and O–H groups in total. The summed E-state index contributed by atoms with van der Waals surface area (Å²) in [4.78, 5) is 31.3. The number of nitrogens with one attached hydrogen (secondary N) is 1. The molecule has 0 aliphatic carbocycles. The van der Waals surface area contributed by atoms with Gasteiger partial charge in [0.1, 0.15) is 18.8 Å². The number of carbonyl (C=O) groups excluding carboxylic acids is 2. The summed E-state index contributed by atoms with van der Waals surface area (Å²) in [6, 6.07) is 8.86. The number of benzene rings is 1. The van der Waals surface area contributed by atoms with Crippen LogP contribution in [0.5, 0.6) is 0 Å². The monoisotopic (exact) mass is 320 g/mol. The van der Waals surface area contributed by atoms with E-state index in [0.29, 0.717) is 19.8 Å². The summed E-state index contributed by atoms with van der Waals surface area (Å²) in [6.07, 6.45) is 0.607. The molecule has 0 saturated carbocycles. The summed E-state index contributed by atoms with van der Waals surface area (Å²) in [7, 11) is 0. The van der Waals surface area contributed by atoms with Crippen LogP contribution in [0.1, 0.15) is 12.0 Å². The number of hydroxylamine groups is 1. The molecule has 2 heterocycles. The molecule has 0 bridgehead atoms. The smallest absolute Gasteiger partial charge is 0.268 e. The third-order valence-electron chi connectivity index (χ3n) is 3.91. The Bertz CT molecular complexity index is 545. The fourth-order valence-electron chi connectivity index (χ4n) is 2.62. The average molecular weight is 320 g/mol. The third kappa shape index (κ3) is 4.07. The van der Waals surface area contributed by atoms with Gasteiger partial charge in [-0.1, -0.05) is 30.3 Å². The van der Waals surface area contributed by atoms with E-state index in [1.54, 1.807) is 0 Å². The van der Waals surface area contributed by atoms with E-state index >= 15 is 0 Å². The molecule has 2 saturated heterocycles. The molecule has 23 heavy (non-hydrogen) atoms. The van der Waals surface area contributed by atoms with Crippen molar-refractivity contribution >= 4 is 11.8 Å². The van der Waals surface area contributed by atoms with Gasteiger partial charge in [-0.2, -0.15) is 0 Å². The van der Waals surface area contributed by atoms with Crippen molar-refractivity contribution in [2.45, 2.75) is 25.1 Å². The Morgan fingerprint density at radius 1 is 1.26 bits per heavy atom. The van der Waals surface area contributed by atoms with Crippen molar-refractivity contribution in [1.29, 1.82) is 0 Å². The Hall–Kier alpha value is -1.96. The van der Waals surface area contributed by atoms with E-state index in [1.807, 2.05) is 30.3 Å². The molecule has 2 aliphatic heterocycles. The van der Waals surface area contributed by atoms with Crippen LogP contribution in [-0.4, -0.2) is 55.3 Å². The molecule has 1 aromatic rings. The number of amides is 2. The van der Waals surface area contributed by atoms with Crippen molar-refractivity contribution < 1.29 is 23.9 Å². The van der Waals surface area contributed by atoms with Crippen molar-refractivity contribution in [3.8, 4) is 0 Å². The zero-order valence-corrected chi connectivity index (χ0v) is 12.8. The average Bonchev–Trinajstić information content (AvgIpc) is 3.09. The first kappa shape index (κ1) is 15.9. The summed E-state index contributed by atoms with van der Waals surface area (Å²) in [5.74, 6) is -0.578. The minimum atomic E-state index is -0.696. The van der Waals surface area contributed by atoms with E-state index in [4.69, 9.17) is 14.3 Å². The van der Waals surface area contributed by atoms with E-state index in [-0.39, 0.29) is 31.1 Å². The van der Waals surface area contributed by atoms with Gasteiger partial charge in [-0.05, 0) is 5.56 Å². The molecule has 2 amide bonds. The van der Waals surface area contributed by atoms with Gasteiger partial charge in [-0.15, -0.1) is 0 Å². The molecule has 2 atom stereocenters. The molecule has 0 spiro atoms. The van der Waals surface area contributed by atoms with Crippen LogP contribution in [0.2, 0.25) is 0 Å². The van der Waals surface area contributed by atoms with Crippen LogP contribution in [0.4, 0.5) is 0 Å². The topological polar surface area (TPSA) is 77.1 Å². The molecular weight excluding hydrogens is 300 g/mol. The first-order valence-corrected chi connectivity index (χ1v) is 7.68. The third-order valence-corrected chi connectivity index (χ3v) is 3.91. The summed E-state index contributed by atoms with van der Waals surface area (Å²) in [5.41, 5.74) is 3.40. The lowest BCUT2D eigenvalue weighted by molar-refractivity contribution is -0.162. The quantitative estimate of drug-likeness (QED) is 0.787. The van der Waals surface area contributed by atoms with Crippen LogP contribution < -0.4 is 5.48 Å². The van der Waals surface area contributed by atoms with Crippen molar-refractivity contribution in [2.24, 2.45) is 0 Å². The molecular formula is C16H20N2O5. The van der Waals surface area contributed by atoms with E-state index < -0.39 is 6.04 Å². The maximum Gasteiger partial charge on any atom is 0.268 e. The Balaban J connectivity index is 1.62. The SMILES string of the molecule is O=C(NOC1CCOC1)[C@H]1COCC(=O)N1Cc1ccccc1. The normalized spacial score (nSPS) is 24.7. The van der Waals surface area contributed by atoms with Crippen molar-refractivity contribution in [3.63, 3.8) is 0 Å². The summed E-state index contributed by atoms with van der Waals surface area (Å²) < 4.78 is 10.4. The molecule has 1 aromatic carbocycles. The van der Waals surface area contributed by atoms with Crippen LogP contribution in [-0.2, 0) is 30.4 Å². The molecule has 0 radical (unpaired) electrons. The fourth-order valence-corrected chi connectivity index (χ4v) is 2.62. The molecule has 3 rings (SSSR count). The lowest BCUT2D eigenvalue weighted by Crippen LogP contribution is -2.56. The first-order chi connectivity index (χ1) is 11.2. The number of morpholine rings is 1. The predicted octanol–water partition coefficient (Wildman–Crippen LogP) is 0.251.